The van der Waals surface area contributed by atoms with Crippen LogP contribution in [0.3, 0.4) is 0 Å². The molecule has 0 unspecified atom stereocenters. The lowest BCUT2D eigenvalue weighted by Gasteiger charge is -2.30. The fraction of sp³-hybridized carbons (Fsp3) is 0.417. The van der Waals surface area contributed by atoms with Crippen LogP contribution >= 0.6 is 0 Å². The van der Waals surface area contributed by atoms with Crippen LogP contribution in [0, 0.1) is 5.92 Å². The second-order valence-corrected chi connectivity index (χ2v) is 11.2. The minimum atomic E-state index is -3.64. The summed E-state index contributed by atoms with van der Waals surface area (Å²) in [6.07, 6.45) is 1.87. The zero-order valence-electron chi connectivity index (χ0n) is 18.7. The monoisotopic (exact) mass is 455 g/mol. The third-order valence-electron chi connectivity index (χ3n) is 6.33. The van der Waals surface area contributed by atoms with Crippen molar-refractivity contribution in [2.24, 2.45) is 5.92 Å². The smallest absolute Gasteiger partial charge is 0.244 e. The number of hydrogen-bond donors (Lipinski definition) is 1. The van der Waals surface area contributed by atoms with Crippen molar-refractivity contribution >= 4 is 33.2 Å². The molecule has 0 aromatic heterocycles. The maximum Gasteiger partial charge on any atom is 0.244 e. The first-order chi connectivity index (χ1) is 15.1. The van der Waals surface area contributed by atoms with E-state index in [1.165, 1.54) is 9.21 Å². The summed E-state index contributed by atoms with van der Waals surface area (Å²) in [5, 5.41) is 2.79. The molecule has 2 aromatic rings. The third kappa shape index (κ3) is 4.04. The Morgan fingerprint density at radius 2 is 1.88 bits per heavy atom. The predicted octanol–water partition coefficient (Wildman–Crippen LogP) is 3.37. The van der Waals surface area contributed by atoms with Gasteiger partial charge in [0.25, 0.3) is 0 Å². The van der Waals surface area contributed by atoms with Crippen LogP contribution in [0.25, 0.3) is 0 Å². The minimum absolute atomic E-state index is 0.139. The van der Waals surface area contributed by atoms with Gasteiger partial charge in [-0.05, 0) is 68.5 Å². The van der Waals surface area contributed by atoms with Gasteiger partial charge in [-0.2, -0.15) is 4.31 Å². The number of nitrogens with zero attached hydrogens (tertiary/aromatic N) is 2. The van der Waals surface area contributed by atoms with E-state index in [1.54, 1.807) is 44.2 Å². The van der Waals surface area contributed by atoms with E-state index in [2.05, 4.69) is 12.2 Å². The molecular formula is C24H29N3O4S. The zero-order chi connectivity index (χ0) is 23.1. The van der Waals surface area contributed by atoms with E-state index >= 15 is 0 Å². The first-order valence-corrected chi connectivity index (χ1v) is 12.4. The Labute approximate surface area is 189 Å². The summed E-state index contributed by atoms with van der Waals surface area (Å²) in [5.74, 6) is -0.214. The first kappa shape index (κ1) is 22.5. The molecule has 0 bridgehead atoms. The Kier molecular flexibility index (Phi) is 5.85. The molecule has 7 nitrogen and oxygen atoms in total. The molecule has 2 aromatic carbocycles. The van der Waals surface area contributed by atoms with Crippen LogP contribution in [0.5, 0.6) is 0 Å². The third-order valence-corrected chi connectivity index (χ3v) is 8.19. The van der Waals surface area contributed by atoms with Gasteiger partial charge in [-0.15, -0.1) is 0 Å². The normalized spacial score (nSPS) is 20.8. The lowest BCUT2D eigenvalue weighted by atomic mass is 9.86. The Bertz CT molecular complexity index is 1150. The second-order valence-electron chi connectivity index (χ2n) is 9.22. The molecule has 2 aliphatic rings. The lowest BCUT2D eigenvalue weighted by Crippen LogP contribution is -2.40. The Morgan fingerprint density at radius 1 is 1.16 bits per heavy atom. The molecule has 0 saturated carbocycles. The van der Waals surface area contributed by atoms with Gasteiger partial charge in [0.15, 0.2) is 0 Å². The molecule has 4 rings (SSSR count). The van der Waals surface area contributed by atoms with Crippen molar-refractivity contribution in [1.29, 1.82) is 0 Å². The summed E-state index contributed by atoms with van der Waals surface area (Å²) in [5.41, 5.74) is 0.930. The minimum Gasteiger partial charge on any atom is -0.325 e. The van der Waals surface area contributed by atoms with Crippen LogP contribution in [-0.2, 0) is 25.0 Å². The van der Waals surface area contributed by atoms with Gasteiger partial charge in [-0.1, -0.05) is 25.1 Å². The largest absolute Gasteiger partial charge is 0.325 e. The van der Waals surface area contributed by atoms with Crippen LogP contribution in [0.1, 0.15) is 39.2 Å². The highest BCUT2D eigenvalue weighted by atomic mass is 32.2. The highest BCUT2D eigenvalue weighted by Gasteiger charge is 2.45. The zero-order valence-corrected chi connectivity index (χ0v) is 19.5. The molecule has 1 fully saturated rings. The number of sulfonamides is 1. The van der Waals surface area contributed by atoms with Crippen LogP contribution < -0.4 is 10.2 Å². The number of carbonyl (C=O) groups is 2. The summed E-state index contributed by atoms with van der Waals surface area (Å²) in [4.78, 5) is 27.4. The number of anilines is 2. The molecule has 1 N–H and O–H groups in total. The van der Waals surface area contributed by atoms with E-state index in [-0.39, 0.29) is 23.3 Å². The van der Waals surface area contributed by atoms with Crippen molar-refractivity contribution in [2.45, 2.75) is 43.9 Å². The van der Waals surface area contributed by atoms with Crippen LogP contribution in [0.15, 0.2) is 53.4 Å². The molecule has 170 valence electrons. The molecule has 2 heterocycles. The highest BCUT2D eigenvalue weighted by molar-refractivity contribution is 7.89. The van der Waals surface area contributed by atoms with E-state index in [4.69, 9.17) is 0 Å². The molecule has 2 aliphatic heterocycles. The van der Waals surface area contributed by atoms with Crippen molar-refractivity contribution in [3.63, 3.8) is 0 Å². The van der Waals surface area contributed by atoms with Gasteiger partial charge in [0.05, 0.1) is 10.3 Å². The summed E-state index contributed by atoms with van der Waals surface area (Å²) in [6.45, 7) is 6.47. The molecule has 8 heteroatoms. The van der Waals surface area contributed by atoms with Gasteiger partial charge >= 0.3 is 0 Å². The number of nitrogens with one attached hydrogen (secondary N) is 1. The van der Waals surface area contributed by atoms with Gasteiger partial charge in [0, 0.05) is 24.5 Å². The van der Waals surface area contributed by atoms with Gasteiger partial charge in [-0.25, -0.2) is 8.42 Å². The standard InChI is InChI=1S/C24H29N3O4S/c1-17-8-7-13-26(15-17)32(30,31)19-11-12-21-20(14-19)24(2,3)23(29)27(21)16-22(28)25-18-9-5-4-6-10-18/h4-6,9-12,14,17H,7-8,13,15-16H2,1-3H3,(H,25,28)/t17-/m1/s1. The van der Waals surface area contributed by atoms with E-state index in [0.29, 0.717) is 35.9 Å². The van der Waals surface area contributed by atoms with E-state index in [1.807, 2.05) is 18.2 Å². The number of hydrogen-bond acceptors (Lipinski definition) is 4. The van der Waals surface area contributed by atoms with E-state index in [0.717, 1.165) is 12.8 Å². The average Bonchev–Trinajstić information content (AvgIpc) is 2.95. The second kappa shape index (κ2) is 8.33. The molecule has 32 heavy (non-hydrogen) atoms. The summed E-state index contributed by atoms with van der Waals surface area (Å²) < 4.78 is 28.0. The fourth-order valence-corrected chi connectivity index (χ4v) is 6.13. The number of fused-ring (bicyclic) bond motifs is 1. The molecule has 0 spiro atoms. The first-order valence-electron chi connectivity index (χ1n) is 10.9. The number of carbonyl (C=O) groups excluding carboxylic acids is 2. The molecule has 1 saturated heterocycles. The van der Waals surface area contributed by atoms with Gasteiger partial charge < -0.3 is 10.2 Å². The van der Waals surface area contributed by atoms with E-state index in [9.17, 15) is 18.0 Å². The summed E-state index contributed by atoms with van der Waals surface area (Å²) in [7, 11) is -3.64. The number of rotatable bonds is 5. The number of piperidine rings is 1. The van der Waals surface area contributed by atoms with Gasteiger partial charge in [0.2, 0.25) is 21.8 Å². The van der Waals surface area contributed by atoms with Crippen LogP contribution in [0.4, 0.5) is 11.4 Å². The topological polar surface area (TPSA) is 86.8 Å². The Hall–Kier alpha value is -2.71. The number of para-hydroxylation sites is 1. The van der Waals surface area contributed by atoms with Gasteiger partial charge in [0.1, 0.15) is 6.54 Å². The maximum absolute atomic E-state index is 13.3. The summed E-state index contributed by atoms with van der Waals surface area (Å²) in [6, 6.07) is 13.9. The van der Waals surface area contributed by atoms with Crippen LogP contribution in [-0.4, -0.2) is 44.2 Å². The van der Waals surface area contributed by atoms with Crippen molar-refractivity contribution < 1.29 is 18.0 Å². The molecule has 1 atom stereocenters. The van der Waals surface area contributed by atoms with E-state index < -0.39 is 15.4 Å². The molecule has 0 aliphatic carbocycles. The van der Waals surface area contributed by atoms with Crippen molar-refractivity contribution in [2.75, 3.05) is 29.9 Å². The SMILES string of the molecule is C[C@@H]1CCCN(S(=O)(=O)c2ccc3c(c2)C(C)(C)C(=O)N3CC(=O)Nc2ccccc2)C1. The fourth-order valence-electron chi connectivity index (χ4n) is 4.51. The van der Waals surface area contributed by atoms with Crippen molar-refractivity contribution in [3.05, 3.63) is 54.1 Å². The Morgan fingerprint density at radius 3 is 2.56 bits per heavy atom. The van der Waals surface area contributed by atoms with Crippen LogP contribution in [0.2, 0.25) is 0 Å². The lowest BCUT2D eigenvalue weighted by molar-refractivity contribution is -0.124. The molecular weight excluding hydrogens is 426 g/mol. The highest BCUT2D eigenvalue weighted by Crippen LogP contribution is 2.43. The van der Waals surface area contributed by atoms with Gasteiger partial charge in [-0.3, -0.25) is 9.59 Å². The molecule has 2 amide bonds. The maximum atomic E-state index is 13.3. The number of benzene rings is 2. The van der Waals surface area contributed by atoms with Crippen molar-refractivity contribution in [1.82, 2.24) is 4.31 Å². The molecule has 0 radical (unpaired) electrons. The predicted molar refractivity (Wildman–Crippen MR) is 124 cm³/mol. The summed E-state index contributed by atoms with van der Waals surface area (Å²) >= 11 is 0. The van der Waals surface area contributed by atoms with Crippen molar-refractivity contribution in [3.8, 4) is 0 Å². The average molecular weight is 456 g/mol. The number of amides is 2. The quantitative estimate of drug-likeness (QED) is 0.749. The Balaban J connectivity index is 1.61.